The number of nitriles is 1. The van der Waals surface area contributed by atoms with Crippen LogP contribution in [0.3, 0.4) is 0 Å². The third-order valence-corrected chi connectivity index (χ3v) is 13.1. The molecule has 7 rings (SSSR count). The number of para-hydroxylation sites is 1. The highest BCUT2D eigenvalue weighted by atomic mass is 19.4. The Kier molecular flexibility index (Phi) is 15.2. The van der Waals surface area contributed by atoms with Crippen LogP contribution in [0.15, 0.2) is 54.9 Å². The Hall–Kier alpha value is -6.62. The zero-order valence-electron chi connectivity index (χ0n) is 37.0. The van der Waals surface area contributed by atoms with E-state index in [1.165, 1.54) is 36.3 Å². The van der Waals surface area contributed by atoms with Gasteiger partial charge in [0, 0.05) is 75.1 Å². The molecule has 20 heteroatoms. The molecule has 350 valence electrons. The van der Waals surface area contributed by atoms with Crippen LogP contribution in [-0.4, -0.2) is 99.0 Å². The third kappa shape index (κ3) is 11.6. The van der Waals surface area contributed by atoms with Crippen LogP contribution in [0.25, 0.3) is 0 Å². The van der Waals surface area contributed by atoms with Gasteiger partial charge < -0.3 is 30.9 Å². The summed E-state index contributed by atoms with van der Waals surface area (Å²) in [7, 11) is 1.49. The Morgan fingerprint density at radius 3 is 2.70 bits per heavy atom. The summed E-state index contributed by atoms with van der Waals surface area (Å²) in [6, 6.07) is 12.5. The topological polar surface area (TPSA) is 221 Å². The lowest BCUT2D eigenvalue weighted by molar-refractivity contribution is -0.274. The molecule has 3 amide bonds. The van der Waals surface area contributed by atoms with Gasteiger partial charge in [0.2, 0.25) is 17.8 Å². The lowest BCUT2D eigenvalue weighted by atomic mass is 9.67. The van der Waals surface area contributed by atoms with Crippen LogP contribution in [0.4, 0.5) is 30.6 Å². The van der Waals surface area contributed by atoms with Crippen molar-refractivity contribution < 1.29 is 37.1 Å². The highest BCUT2D eigenvalue weighted by Gasteiger charge is 2.49. The summed E-state index contributed by atoms with van der Waals surface area (Å²) in [5, 5.41) is 34.3. The number of aromatic nitrogens is 5. The van der Waals surface area contributed by atoms with Crippen molar-refractivity contribution in [2.24, 2.45) is 17.3 Å². The minimum atomic E-state index is -4.82. The Balaban J connectivity index is 0.849. The van der Waals surface area contributed by atoms with E-state index in [2.05, 4.69) is 64.6 Å². The van der Waals surface area contributed by atoms with Gasteiger partial charge in [0.1, 0.15) is 29.2 Å². The number of carbonyl (C=O) groups is 4. The maximum Gasteiger partial charge on any atom is 0.573 e. The van der Waals surface area contributed by atoms with E-state index in [-0.39, 0.29) is 64.7 Å². The Morgan fingerprint density at radius 2 is 1.92 bits per heavy atom. The number of piperidine rings is 1. The van der Waals surface area contributed by atoms with Crippen LogP contribution in [0.2, 0.25) is 0 Å². The minimum Gasteiger partial charge on any atom is -0.405 e. The number of imide groups is 1. The Morgan fingerprint density at radius 1 is 1.09 bits per heavy atom. The molecule has 2 aliphatic carbocycles. The zero-order chi connectivity index (χ0) is 46.8. The number of aldehydes is 1. The first-order valence-corrected chi connectivity index (χ1v) is 22.4. The molecule has 1 saturated heterocycles. The summed E-state index contributed by atoms with van der Waals surface area (Å²) in [4.78, 5) is 59.7. The van der Waals surface area contributed by atoms with Crippen molar-refractivity contribution in [1.82, 2.24) is 40.5 Å². The fourth-order valence-electron chi connectivity index (χ4n) is 9.76. The molecule has 0 radical (unpaired) electrons. The molecule has 4 aromatic rings. The molecular formula is C46H55F3N12O5. The number of unbranched alkanes of at least 4 members (excludes halogenated alkanes) is 1. The van der Waals surface area contributed by atoms with E-state index in [1.54, 1.807) is 24.3 Å². The number of benzene rings is 2. The predicted molar refractivity (Wildman–Crippen MR) is 237 cm³/mol. The number of carbonyl (C=O) groups excluding carboxylic acids is 4. The van der Waals surface area contributed by atoms with Crippen molar-refractivity contribution in [1.29, 1.82) is 5.26 Å². The highest BCUT2D eigenvalue weighted by molar-refractivity contribution is 6.08. The number of hydrogen-bond acceptors (Lipinski definition) is 14. The summed E-state index contributed by atoms with van der Waals surface area (Å²) in [5.74, 6) is -0.156. The summed E-state index contributed by atoms with van der Waals surface area (Å²) in [6.45, 7) is 4.87. The Labute approximate surface area is 380 Å². The van der Waals surface area contributed by atoms with Crippen molar-refractivity contribution in [3.63, 3.8) is 0 Å². The first-order chi connectivity index (χ1) is 31.8. The average Bonchev–Trinajstić information content (AvgIpc) is 3.91. The van der Waals surface area contributed by atoms with Crippen molar-refractivity contribution in [3.05, 3.63) is 82.8 Å². The number of likely N-dealkylation sites (N-methyl/N-ethyl adjacent to an activating group) is 1. The fourth-order valence-corrected chi connectivity index (χ4v) is 9.76. The van der Waals surface area contributed by atoms with E-state index in [4.69, 9.17) is 0 Å². The molecule has 5 unspecified atom stereocenters. The number of fused-ring (bicyclic) bond motifs is 2. The molecular weight excluding hydrogens is 858 g/mol. The summed E-state index contributed by atoms with van der Waals surface area (Å²) in [6.07, 6.45) is 7.11. The van der Waals surface area contributed by atoms with Gasteiger partial charge in [-0.1, -0.05) is 48.9 Å². The normalized spacial score (nSPS) is 21.4. The van der Waals surface area contributed by atoms with Crippen LogP contribution in [0, 0.1) is 28.6 Å². The van der Waals surface area contributed by atoms with Crippen LogP contribution in [0.5, 0.6) is 5.75 Å². The molecule has 2 bridgehead atoms. The molecule has 2 aromatic carbocycles. The van der Waals surface area contributed by atoms with E-state index in [0.717, 1.165) is 57.2 Å². The molecule has 5 N–H and O–H groups in total. The number of aryl methyl sites for hydroxylation is 1. The number of hydrogen-bond donors (Lipinski definition) is 5. The molecule has 3 fully saturated rings. The van der Waals surface area contributed by atoms with Gasteiger partial charge >= 0.3 is 6.36 Å². The smallest absolute Gasteiger partial charge is 0.405 e. The van der Waals surface area contributed by atoms with Gasteiger partial charge in [-0.2, -0.15) is 10.2 Å². The second kappa shape index (κ2) is 21.1. The van der Waals surface area contributed by atoms with Crippen LogP contribution in [0.1, 0.15) is 102 Å². The van der Waals surface area contributed by atoms with Gasteiger partial charge in [-0.05, 0) is 80.9 Å². The number of anilines is 3. The van der Waals surface area contributed by atoms with Gasteiger partial charge in [-0.15, -0.1) is 18.3 Å². The van der Waals surface area contributed by atoms with Gasteiger partial charge in [0.15, 0.2) is 6.29 Å². The minimum absolute atomic E-state index is 0.0121. The van der Waals surface area contributed by atoms with Crippen molar-refractivity contribution in [2.45, 2.75) is 103 Å². The molecule has 3 aliphatic rings. The van der Waals surface area contributed by atoms with Crippen LogP contribution < -0.4 is 31.3 Å². The van der Waals surface area contributed by atoms with E-state index in [1.807, 2.05) is 10.9 Å². The first kappa shape index (κ1) is 47.3. The number of rotatable bonds is 21. The fraction of sp³-hybridized carbons (Fsp3) is 0.500. The molecule has 5 atom stereocenters. The molecule has 3 heterocycles. The number of ether oxygens (including phenoxy) is 1. The van der Waals surface area contributed by atoms with Crippen LogP contribution in [-0.2, 0) is 29.1 Å². The van der Waals surface area contributed by atoms with E-state index in [0.29, 0.717) is 61.7 Å². The van der Waals surface area contributed by atoms with Gasteiger partial charge in [-0.3, -0.25) is 29.2 Å². The SMILES string of the molecule is CCC1CC2(CNc3nc(NCc4ccccc4OC(F)(F)F)ncc3C#N)CCC(C2)C1NCCCCn1cc(CCNc2cccc(C=O)c2C(=O)N(C)C2CCC(=O)NC2=O)nn1. The summed E-state index contributed by atoms with van der Waals surface area (Å²) >= 11 is 0. The summed E-state index contributed by atoms with van der Waals surface area (Å²) < 4.78 is 44.8. The second-order valence-electron chi connectivity index (χ2n) is 17.4. The lowest BCUT2D eigenvalue weighted by Gasteiger charge is -2.43. The second-order valence-corrected chi connectivity index (χ2v) is 17.4. The quantitative estimate of drug-likeness (QED) is 0.0376. The summed E-state index contributed by atoms with van der Waals surface area (Å²) in [5.41, 5.74) is 2.19. The van der Waals surface area contributed by atoms with Gasteiger partial charge in [-0.25, -0.2) is 4.98 Å². The number of nitrogens with zero attached hydrogens (tertiary/aromatic N) is 7. The molecule has 66 heavy (non-hydrogen) atoms. The first-order valence-electron chi connectivity index (χ1n) is 22.4. The van der Waals surface area contributed by atoms with E-state index in [9.17, 15) is 37.6 Å². The lowest BCUT2D eigenvalue weighted by Crippen LogP contribution is -2.53. The van der Waals surface area contributed by atoms with Gasteiger partial charge in [0.25, 0.3) is 5.91 Å². The third-order valence-electron chi connectivity index (χ3n) is 13.1. The molecule has 2 aromatic heterocycles. The zero-order valence-corrected chi connectivity index (χ0v) is 37.0. The van der Waals surface area contributed by atoms with Crippen molar-refractivity contribution in [3.8, 4) is 11.8 Å². The predicted octanol–water partition coefficient (Wildman–Crippen LogP) is 5.86. The average molecular weight is 913 g/mol. The number of alkyl halides is 3. The number of nitrogens with one attached hydrogen (secondary N) is 5. The standard InChI is InChI=1S/C46H55F3N12O5/c1-3-29-21-45(28-55-41-33(23-50)25-54-44(57-41)53-24-31-9-4-5-12-37(31)66-46(47,48)49)17-15-30(22-45)40(29)52-18-6-7-20-61-26-34(58-59-61)16-19-51-35-11-8-10-32(27-62)39(35)43(65)60(2)36-13-14-38(63)56-42(36)64/h4-5,8-12,25-27,29-30,36,40,51-52H,3,6-7,13-22,24,28H2,1-2H3,(H,56,63,64)(H2,53,54,55,57). The van der Waals surface area contributed by atoms with E-state index < -0.39 is 24.2 Å². The molecule has 0 spiro atoms. The molecule has 2 saturated carbocycles. The van der Waals surface area contributed by atoms with Crippen molar-refractivity contribution >= 4 is 41.5 Å². The maximum atomic E-state index is 13.6. The molecule has 1 aliphatic heterocycles. The number of halogens is 3. The maximum absolute atomic E-state index is 13.6. The molecule has 17 nitrogen and oxygen atoms in total. The van der Waals surface area contributed by atoms with E-state index >= 15 is 0 Å². The Bertz CT molecular complexity index is 2420. The largest absolute Gasteiger partial charge is 0.573 e. The monoisotopic (exact) mass is 912 g/mol. The van der Waals surface area contributed by atoms with Crippen molar-refractivity contribution in [2.75, 3.05) is 42.6 Å². The van der Waals surface area contributed by atoms with Crippen LogP contribution >= 0.6 is 0 Å². The number of amides is 3. The highest BCUT2D eigenvalue weighted by Crippen LogP contribution is 2.54. The van der Waals surface area contributed by atoms with Gasteiger partial charge in [0.05, 0.1) is 17.5 Å².